The molecule has 0 spiro atoms. The van der Waals surface area contributed by atoms with Gasteiger partial charge in [0.2, 0.25) is 5.95 Å². The Morgan fingerprint density at radius 3 is 2.43 bits per heavy atom. The van der Waals surface area contributed by atoms with E-state index in [0.29, 0.717) is 0 Å². The Kier molecular flexibility index (Phi) is 6.23. The van der Waals surface area contributed by atoms with Crippen molar-refractivity contribution in [1.82, 2.24) is 9.97 Å². The molecule has 72 valence electrons. The second-order valence-corrected chi connectivity index (χ2v) is 2.58. The van der Waals surface area contributed by atoms with Gasteiger partial charge in [0.25, 0.3) is 0 Å². The van der Waals surface area contributed by atoms with Crippen LogP contribution in [0.25, 0.3) is 0 Å². The molecule has 1 fully saturated rings. The molecular weight excluding hydrogens is 299 g/mol. The number of hydrogen-bond acceptors (Lipinski definition) is 4. The predicted molar refractivity (Wildman–Crippen MR) is 52.8 cm³/mol. The fourth-order valence-corrected chi connectivity index (χ4v) is 1.18. The summed E-state index contributed by atoms with van der Waals surface area (Å²) in [6.07, 6.45) is 3.27. The van der Waals surface area contributed by atoms with Crippen LogP contribution >= 0.6 is 13.6 Å². The first-order valence-electron chi connectivity index (χ1n) is 4.24. The number of anilines is 1. The SMILES string of the molecule is [Zn+][Br].[c-]1cnc(N2CCOCC2)nc1. The first-order valence-corrected chi connectivity index (χ1v) is 11.2. The molecule has 14 heavy (non-hydrogen) atoms. The van der Waals surface area contributed by atoms with E-state index in [9.17, 15) is 0 Å². The second kappa shape index (κ2) is 7.26. The third kappa shape index (κ3) is 3.60. The van der Waals surface area contributed by atoms with E-state index in [4.69, 9.17) is 4.74 Å². The summed E-state index contributed by atoms with van der Waals surface area (Å²) < 4.78 is 5.22. The molecule has 0 aromatic carbocycles. The van der Waals surface area contributed by atoms with Crippen molar-refractivity contribution in [3.05, 3.63) is 18.5 Å². The number of aromatic nitrogens is 2. The molecule has 6 heteroatoms. The van der Waals surface area contributed by atoms with Crippen LogP contribution in [0.5, 0.6) is 0 Å². The van der Waals surface area contributed by atoms with Crippen molar-refractivity contribution in [3.63, 3.8) is 0 Å². The van der Waals surface area contributed by atoms with E-state index in [1.807, 2.05) is 0 Å². The summed E-state index contributed by atoms with van der Waals surface area (Å²) in [5.41, 5.74) is 0. The van der Waals surface area contributed by atoms with Crippen molar-refractivity contribution < 1.29 is 21.1 Å². The molecular formula is C8H10BrN3OZn. The van der Waals surface area contributed by atoms with Crippen molar-refractivity contribution in [1.29, 1.82) is 0 Å². The molecule has 0 amide bonds. The number of ether oxygens (including phenoxy) is 1. The molecule has 0 saturated carbocycles. The summed E-state index contributed by atoms with van der Waals surface area (Å²) in [6, 6.07) is 2.79. The van der Waals surface area contributed by atoms with Crippen LogP contribution in [0.15, 0.2) is 12.4 Å². The fraction of sp³-hybridized carbons (Fsp3) is 0.500. The Morgan fingerprint density at radius 1 is 1.29 bits per heavy atom. The average Bonchev–Trinajstić information content (AvgIpc) is 2.34. The standard InChI is InChI=1S/C8H10N3O.BrH.Zn/c1-2-9-8(10-3-1)11-4-6-12-7-5-11;;/h2-3H,4-7H2;1H;/q-1;;+2/p-1. The van der Waals surface area contributed by atoms with Crippen LogP contribution in [0.1, 0.15) is 0 Å². The van der Waals surface area contributed by atoms with Gasteiger partial charge in [-0.15, -0.1) is 12.4 Å². The number of rotatable bonds is 1. The molecule has 1 aromatic rings. The molecule has 2 heterocycles. The Labute approximate surface area is 100 Å². The molecule has 0 atom stereocenters. The van der Waals surface area contributed by atoms with Gasteiger partial charge in [0, 0.05) is 13.1 Å². The number of hydrogen-bond donors (Lipinski definition) is 0. The minimum absolute atomic E-state index is 0.766. The van der Waals surface area contributed by atoms with Gasteiger partial charge in [-0.2, -0.15) is 0 Å². The van der Waals surface area contributed by atoms with E-state index < -0.39 is 0 Å². The van der Waals surface area contributed by atoms with E-state index in [1.165, 1.54) is 16.3 Å². The van der Waals surface area contributed by atoms with Crippen molar-refractivity contribution in [3.8, 4) is 0 Å². The Morgan fingerprint density at radius 2 is 1.86 bits per heavy atom. The topological polar surface area (TPSA) is 38.2 Å². The third-order valence-electron chi connectivity index (χ3n) is 1.80. The first kappa shape index (κ1) is 12.0. The predicted octanol–water partition coefficient (Wildman–Crippen LogP) is 0.956. The molecule has 0 unspecified atom stereocenters. The molecule has 2 rings (SSSR count). The quantitative estimate of drug-likeness (QED) is 0.572. The first-order chi connectivity index (χ1) is 6.97. The van der Waals surface area contributed by atoms with Crippen LogP contribution in [0, 0.1) is 6.07 Å². The van der Waals surface area contributed by atoms with Crippen molar-refractivity contribution in [2.75, 3.05) is 31.2 Å². The van der Waals surface area contributed by atoms with Crippen molar-refractivity contribution in [2.24, 2.45) is 0 Å². The van der Waals surface area contributed by atoms with Crippen LogP contribution in [-0.2, 0) is 21.1 Å². The molecule has 1 aliphatic heterocycles. The molecule has 1 aromatic heterocycles. The van der Waals surface area contributed by atoms with Crippen LogP contribution < -0.4 is 4.90 Å². The maximum atomic E-state index is 5.22. The van der Waals surface area contributed by atoms with Crippen molar-refractivity contribution >= 4 is 19.6 Å². The van der Waals surface area contributed by atoms with Gasteiger partial charge in [0.05, 0.1) is 13.2 Å². The smallest absolute Gasteiger partial charge is 0.219 e. The van der Waals surface area contributed by atoms with Gasteiger partial charge >= 0.3 is 30.0 Å². The monoisotopic (exact) mass is 307 g/mol. The normalized spacial score (nSPS) is 15.8. The molecule has 1 saturated heterocycles. The zero-order chi connectivity index (χ0) is 10.2. The Balaban J connectivity index is 0.000000461. The Hall–Kier alpha value is -0.0566. The van der Waals surface area contributed by atoms with Gasteiger partial charge in [-0.1, -0.05) is 0 Å². The third-order valence-corrected chi connectivity index (χ3v) is 1.80. The minimum Gasteiger partial charge on any atom is -0.434 e. The van der Waals surface area contributed by atoms with Gasteiger partial charge in [0.1, 0.15) is 0 Å². The Bertz CT molecular complexity index is 244. The zero-order valence-electron chi connectivity index (χ0n) is 7.82. The van der Waals surface area contributed by atoms with E-state index in [1.54, 1.807) is 12.4 Å². The van der Waals surface area contributed by atoms with E-state index in [0.717, 1.165) is 32.3 Å². The summed E-state index contributed by atoms with van der Waals surface area (Å²) in [5.74, 6) is 0.775. The van der Waals surface area contributed by atoms with Gasteiger partial charge in [-0.3, -0.25) is 9.97 Å². The molecule has 0 radical (unpaired) electrons. The maximum absolute atomic E-state index is 5.22. The van der Waals surface area contributed by atoms with Crippen LogP contribution in [0.4, 0.5) is 5.95 Å². The second-order valence-electron chi connectivity index (χ2n) is 2.58. The van der Waals surface area contributed by atoms with Gasteiger partial charge < -0.3 is 15.7 Å². The maximum Gasteiger partial charge on any atom is 0.219 e. The fourth-order valence-electron chi connectivity index (χ4n) is 1.18. The number of morpholine rings is 1. The van der Waals surface area contributed by atoms with Gasteiger partial charge in [-0.25, -0.2) is 0 Å². The average molecular weight is 309 g/mol. The van der Waals surface area contributed by atoms with Gasteiger partial charge in [-0.05, 0) is 0 Å². The van der Waals surface area contributed by atoms with Gasteiger partial charge in [0.15, 0.2) is 0 Å². The summed E-state index contributed by atoms with van der Waals surface area (Å²) in [7, 11) is 0. The molecule has 0 aliphatic carbocycles. The minimum atomic E-state index is 0.766. The zero-order valence-corrected chi connectivity index (χ0v) is 12.4. The van der Waals surface area contributed by atoms with E-state index in [2.05, 4.69) is 34.6 Å². The molecule has 0 bridgehead atoms. The van der Waals surface area contributed by atoms with Crippen LogP contribution in [0.3, 0.4) is 0 Å². The summed E-state index contributed by atoms with van der Waals surface area (Å²) in [6.45, 7) is 3.29. The molecule has 4 nitrogen and oxygen atoms in total. The van der Waals surface area contributed by atoms with E-state index in [-0.39, 0.29) is 0 Å². The number of nitrogens with zero attached hydrogens (tertiary/aromatic N) is 3. The summed E-state index contributed by atoms with van der Waals surface area (Å²) in [5, 5.41) is 0. The largest absolute Gasteiger partial charge is 0.434 e. The number of halogens is 1. The molecule has 0 N–H and O–H groups in total. The van der Waals surface area contributed by atoms with Crippen molar-refractivity contribution in [2.45, 2.75) is 0 Å². The van der Waals surface area contributed by atoms with E-state index >= 15 is 0 Å². The van der Waals surface area contributed by atoms with Crippen LogP contribution in [-0.4, -0.2) is 36.3 Å². The summed E-state index contributed by atoms with van der Waals surface area (Å²) >= 11 is 4.25. The van der Waals surface area contributed by atoms with Crippen LogP contribution in [0.2, 0.25) is 0 Å². The summed E-state index contributed by atoms with van der Waals surface area (Å²) in [4.78, 5) is 10.3. The molecule has 1 aliphatic rings.